The maximum atomic E-state index is 14.9. The normalized spacial score (nSPS) is 24.5. The SMILES string of the molecule is CC(C)(C)C[C@]1(c2ccc(-c3cnn(C(F)F)c3)cc2)N=C(N)N([C@H](COC(=O)CC23CC(C(F)(F)F)(C2)C3)c2ccc(Cl)c(-n3cncn3)c2)C1=O. The lowest BCUT2D eigenvalue weighted by Gasteiger charge is -2.70. The molecule has 1 aliphatic heterocycles. The molecule has 1 amide bonds. The van der Waals surface area contributed by atoms with Gasteiger partial charge in [-0.1, -0.05) is 62.7 Å². The third kappa shape index (κ3) is 6.44. The van der Waals surface area contributed by atoms with Crippen LogP contribution in [0.4, 0.5) is 22.0 Å². The molecule has 0 radical (unpaired) electrons. The lowest BCUT2D eigenvalue weighted by Crippen LogP contribution is -2.68. The number of benzene rings is 2. The number of amides is 1. The number of rotatable bonds is 11. The van der Waals surface area contributed by atoms with E-state index in [2.05, 4.69) is 15.2 Å². The Hall–Kier alpha value is -4.86. The van der Waals surface area contributed by atoms with Gasteiger partial charge in [0.2, 0.25) is 0 Å². The van der Waals surface area contributed by atoms with Gasteiger partial charge in [-0.3, -0.25) is 14.5 Å². The second-order valence-electron chi connectivity index (χ2n) is 15.5. The number of hydrogen-bond donors (Lipinski definition) is 1. The Morgan fingerprint density at radius 2 is 1.74 bits per heavy atom. The number of esters is 1. The topological polar surface area (TPSA) is 134 Å². The van der Waals surface area contributed by atoms with E-state index in [4.69, 9.17) is 27.1 Å². The van der Waals surface area contributed by atoms with E-state index in [1.807, 2.05) is 20.8 Å². The molecule has 3 saturated carbocycles. The summed E-state index contributed by atoms with van der Waals surface area (Å²) in [6, 6.07) is 10.6. The second kappa shape index (κ2) is 12.6. The zero-order chi connectivity index (χ0) is 38.1. The number of carbonyl (C=O) groups is 2. The first kappa shape index (κ1) is 36.5. The number of hydrogen-bond acceptors (Lipinski definition) is 8. The van der Waals surface area contributed by atoms with Gasteiger partial charge < -0.3 is 10.5 Å². The van der Waals surface area contributed by atoms with Gasteiger partial charge in [0, 0.05) is 11.8 Å². The van der Waals surface area contributed by atoms with Crippen molar-refractivity contribution in [1.29, 1.82) is 0 Å². The maximum absolute atomic E-state index is 14.9. The van der Waals surface area contributed by atoms with Crippen molar-refractivity contribution in [1.82, 2.24) is 29.4 Å². The van der Waals surface area contributed by atoms with Crippen LogP contribution in [0.25, 0.3) is 16.8 Å². The van der Waals surface area contributed by atoms with Gasteiger partial charge in [-0.15, -0.1) is 0 Å². The molecule has 0 saturated heterocycles. The van der Waals surface area contributed by atoms with E-state index in [1.54, 1.807) is 42.5 Å². The smallest absolute Gasteiger partial charge is 0.394 e. The van der Waals surface area contributed by atoms with Crippen molar-refractivity contribution in [2.45, 2.75) is 77.2 Å². The van der Waals surface area contributed by atoms with E-state index >= 15 is 0 Å². The molecule has 4 aromatic rings. The molecule has 280 valence electrons. The summed E-state index contributed by atoms with van der Waals surface area (Å²) in [6.45, 7) is 2.64. The first-order valence-corrected chi connectivity index (χ1v) is 17.2. The summed E-state index contributed by atoms with van der Waals surface area (Å²) in [4.78, 5) is 38.2. The predicted octanol–water partition coefficient (Wildman–Crippen LogP) is 7.37. The lowest BCUT2D eigenvalue weighted by molar-refractivity contribution is -0.363. The summed E-state index contributed by atoms with van der Waals surface area (Å²) in [5, 5.41) is 8.18. The summed E-state index contributed by atoms with van der Waals surface area (Å²) in [7, 11) is 0. The van der Waals surface area contributed by atoms with E-state index < -0.39 is 59.0 Å². The minimum absolute atomic E-state index is 0.118. The highest BCUT2D eigenvalue weighted by atomic mass is 35.5. The van der Waals surface area contributed by atoms with Crippen molar-refractivity contribution in [2.75, 3.05) is 6.61 Å². The Kier molecular flexibility index (Phi) is 8.70. The molecule has 2 N–H and O–H groups in total. The molecule has 2 atom stereocenters. The van der Waals surface area contributed by atoms with E-state index in [0.29, 0.717) is 37.6 Å². The van der Waals surface area contributed by atoms with Crippen LogP contribution >= 0.6 is 11.6 Å². The minimum atomic E-state index is -4.31. The van der Waals surface area contributed by atoms with E-state index in [-0.39, 0.29) is 38.1 Å². The molecular weight excluding hydrogens is 723 g/mol. The highest BCUT2D eigenvalue weighted by Gasteiger charge is 2.78. The maximum Gasteiger partial charge on any atom is 0.394 e. The van der Waals surface area contributed by atoms with Gasteiger partial charge in [-0.2, -0.15) is 32.1 Å². The Balaban J connectivity index is 1.21. The van der Waals surface area contributed by atoms with Crippen LogP contribution < -0.4 is 5.73 Å². The molecule has 2 aromatic heterocycles. The average Bonchev–Trinajstić information content (AvgIpc) is 3.80. The predicted molar refractivity (Wildman–Crippen MR) is 183 cm³/mol. The summed E-state index contributed by atoms with van der Waals surface area (Å²) in [5.74, 6) is -1.34. The quantitative estimate of drug-likeness (QED) is 0.125. The number of ether oxygens (including phenoxy) is 1. The zero-order valence-electron chi connectivity index (χ0n) is 28.9. The molecule has 3 aliphatic carbocycles. The minimum Gasteiger partial charge on any atom is -0.463 e. The van der Waals surface area contributed by atoms with Gasteiger partial charge >= 0.3 is 18.7 Å². The van der Waals surface area contributed by atoms with Crippen LogP contribution in [0.1, 0.15) is 76.6 Å². The van der Waals surface area contributed by atoms with Crippen LogP contribution in [0, 0.1) is 16.2 Å². The largest absolute Gasteiger partial charge is 0.463 e. The van der Waals surface area contributed by atoms with Crippen LogP contribution in [-0.2, 0) is 19.9 Å². The summed E-state index contributed by atoms with van der Waals surface area (Å²) in [5.41, 5.74) is 4.56. The van der Waals surface area contributed by atoms with Gasteiger partial charge in [0.05, 0.1) is 34.8 Å². The Labute approximate surface area is 306 Å². The fourth-order valence-corrected chi connectivity index (χ4v) is 8.39. The van der Waals surface area contributed by atoms with Gasteiger partial charge in [0.25, 0.3) is 5.91 Å². The molecule has 2 aromatic carbocycles. The molecule has 3 heterocycles. The first-order chi connectivity index (χ1) is 24.8. The van der Waals surface area contributed by atoms with Crippen LogP contribution in [0.15, 0.2) is 72.5 Å². The van der Waals surface area contributed by atoms with Crippen LogP contribution in [0.3, 0.4) is 0 Å². The molecule has 17 heteroatoms. The third-order valence-corrected chi connectivity index (χ3v) is 10.7. The Bertz CT molecular complexity index is 2060. The third-order valence-electron chi connectivity index (χ3n) is 10.4. The van der Waals surface area contributed by atoms with Crippen molar-refractivity contribution in [2.24, 2.45) is 27.0 Å². The molecule has 4 aliphatic rings. The van der Waals surface area contributed by atoms with Crippen LogP contribution in [-0.4, -0.2) is 60.1 Å². The van der Waals surface area contributed by atoms with Gasteiger partial charge in [0.1, 0.15) is 19.3 Å². The van der Waals surface area contributed by atoms with Crippen LogP contribution in [0.5, 0.6) is 0 Å². The summed E-state index contributed by atoms with van der Waals surface area (Å²) < 4.78 is 74.5. The fourth-order valence-electron chi connectivity index (χ4n) is 8.19. The number of nitrogens with two attached hydrogens (primary N) is 1. The zero-order valence-corrected chi connectivity index (χ0v) is 29.7. The van der Waals surface area contributed by atoms with Crippen molar-refractivity contribution in [3.8, 4) is 16.8 Å². The molecule has 0 spiro atoms. The number of aromatic nitrogens is 5. The number of aliphatic imine (C=N–C) groups is 1. The number of nitrogens with zero attached hydrogens (tertiary/aromatic N) is 7. The van der Waals surface area contributed by atoms with E-state index in [0.717, 1.165) is 0 Å². The van der Waals surface area contributed by atoms with Gasteiger partial charge in [-0.25, -0.2) is 19.3 Å². The van der Waals surface area contributed by atoms with Crippen LogP contribution in [0.2, 0.25) is 5.02 Å². The summed E-state index contributed by atoms with van der Waals surface area (Å²) >= 11 is 6.53. The number of carbonyl (C=O) groups excluding carboxylic acids is 2. The van der Waals surface area contributed by atoms with Gasteiger partial charge in [0.15, 0.2) is 11.5 Å². The molecule has 53 heavy (non-hydrogen) atoms. The first-order valence-electron chi connectivity index (χ1n) is 16.8. The number of guanidine groups is 1. The van der Waals surface area contributed by atoms with E-state index in [1.165, 1.54) is 34.6 Å². The molecular formula is C36H36ClF5N8O3. The highest BCUT2D eigenvalue weighted by Crippen LogP contribution is 2.79. The summed E-state index contributed by atoms with van der Waals surface area (Å²) in [6.07, 6.45) is 0.650. The number of halogens is 6. The molecule has 2 bridgehead atoms. The van der Waals surface area contributed by atoms with Crippen molar-refractivity contribution in [3.63, 3.8) is 0 Å². The van der Waals surface area contributed by atoms with Crippen molar-refractivity contribution < 1.29 is 36.3 Å². The fraction of sp³-hybridized carbons (Fsp3) is 0.444. The van der Waals surface area contributed by atoms with E-state index in [9.17, 15) is 31.5 Å². The average molecular weight is 759 g/mol. The van der Waals surface area contributed by atoms with Crippen molar-refractivity contribution in [3.05, 3.63) is 83.7 Å². The standard InChI is InChI=1S/C36H36ClF5N8O3/c1-32(2,3)15-35(24-7-4-21(5-8-24)23-12-45-48(13-23)30(38)39)29(52)50(31(43)47-35)27(22-6-9-25(37)26(10-22)49-20-44-19-46-49)14-53-28(51)11-33-16-34(17-33,18-33)36(40,41)42/h4-10,12-13,19-20,27,30H,11,14-18H2,1-3H3,(H2,43,47)/t27-,33?,34?,35-/m1/s1. The Morgan fingerprint density at radius 1 is 1.04 bits per heavy atom. The van der Waals surface area contributed by atoms with Crippen molar-refractivity contribution >= 4 is 29.4 Å². The van der Waals surface area contributed by atoms with Gasteiger partial charge in [-0.05, 0) is 65.3 Å². The number of alkyl halides is 5. The highest BCUT2D eigenvalue weighted by molar-refractivity contribution is 6.32. The molecule has 3 fully saturated rings. The molecule has 8 rings (SSSR count). The Morgan fingerprint density at radius 3 is 2.32 bits per heavy atom. The second-order valence-corrected chi connectivity index (χ2v) is 15.9. The molecule has 11 nitrogen and oxygen atoms in total. The monoisotopic (exact) mass is 758 g/mol. The lowest BCUT2D eigenvalue weighted by atomic mass is 9.34. The molecule has 0 unspecified atom stereocenters.